The predicted octanol–water partition coefficient (Wildman–Crippen LogP) is 2.39. The molecule has 0 aromatic heterocycles. The molecule has 0 atom stereocenters. The minimum atomic E-state index is -0.710. The van der Waals surface area contributed by atoms with E-state index in [-0.39, 0.29) is 24.3 Å². The molecular weight excluding hydrogens is 420 g/mol. The molecule has 2 aliphatic heterocycles. The molecule has 0 unspecified atom stereocenters. The highest BCUT2D eigenvalue weighted by Gasteiger charge is 2.54. The Balaban J connectivity index is 1.68. The van der Waals surface area contributed by atoms with Gasteiger partial charge in [0.2, 0.25) is 11.8 Å². The summed E-state index contributed by atoms with van der Waals surface area (Å²) >= 11 is 0. The Labute approximate surface area is 197 Å². The van der Waals surface area contributed by atoms with Crippen LogP contribution in [0, 0.1) is 0 Å². The maximum absolute atomic E-state index is 13.6. The second kappa shape index (κ2) is 12.0. The zero-order valence-corrected chi connectivity index (χ0v) is 20.1. The highest BCUT2D eigenvalue weighted by atomic mass is 16.5. The van der Waals surface area contributed by atoms with Gasteiger partial charge in [0, 0.05) is 45.5 Å². The summed E-state index contributed by atoms with van der Waals surface area (Å²) in [6.07, 6.45) is 5.53. The van der Waals surface area contributed by atoms with Gasteiger partial charge >= 0.3 is 0 Å². The molecule has 2 saturated heterocycles. The SMILES string of the molecule is CCCCCC(=O)N1CCC2(CC1)C(=O)N(CC(=O)NCCCOC)CN2c1ccccc1. The van der Waals surface area contributed by atoms with Gasteiger partial charge in [0.25, 0.3) is 5.91 Å². The van der Waals surface area contributed by atoms with E-state index in [1.54, 1.807) is 12.0 Å². The summed E-state index contributed by atoms with van der Waals surface area (Å²) in [5.74, 6) is 0.00632. The highest BCUT2D eigenvalue weighted by molar-refractivity contribution is 5.96. The monoisotopic (exact) mass is 458 g/mol. The van der Waals surface area contributed by atoms with Crippen LogP contribution in [0.15, 0.2) is 30.3 Å². The number of hydrogen-bond donors (Lipinski definition) is 1. The molecule has 2 aliphatic rings. The first-order chi connectivity index (χ1) is 16.0. The van der Waals surface area contributed by atoms with Crippen LogP contribution >= 0.6 is 0 Å². The molecule has 0 saturated carbocycles. The number of nitrogens with zero attached hydrogens (tertiary/aromatic N) is 3. The normalized spacial score (nSPS) is 17.6. The number of likely N-dealkylation sites (tertiary alicyclic amines) is 1. The van der Waals surface area contributed by atoms with E-state index in [4.69, 9.17) is 4.74 Å². The summed E-state index contributed by atoms with van der Waals surface area (Å²) in [7, 11) is 1.63. The largest absolute Gasteiger partial charge is 0.385 e. The van der Waals surface area contributed by atoms with Gasteiger partial charge in [-0.15, -0.1) is 0 Å². The zero-order chi connectivity index (χ0) is 23.7. The van der Waals surface area contributed by atoms with Gasteiger partial charge in [-0.1, -0.05) is 38.0 Å². The van der Waals surface area contributed by atoms with Crippen LogP contribution in [0.5, 0.6) is 0 Å². The lowest BCUT2D eigenvalue weighted by molar-refractivity contribution is -0.140. The Kier molecular flexibility index (Phi) is 9.11. The van der Waals surface area contributed by atoms with Gasteiger partial charge in [-0.05, 0) is 37.8 Å². The Hall–Kier alpha value is -2.61. The molecule has 2 heterocycles. The predicted molar refractivity (Wildman–Crippen MR) is 128 cm³/mol. The van der Waals surface area contributed by atoms with E-state index in [9.17, 15) is 14.4 Å². The van der Waals surface area contributed by atoms with Gasteiger partial charge in [0.15, 0.2) is 0 Å². The van der Waals surface area contributed by atoms with Crippen molar-refractivity contribution in [1.29, 1.82) is 0 Å². The summed E-state index contributed by atoms with van der Waals surface area (Å²) in [5.41, 5.74) is 0.259. The first kappa shape index (κ1) is 25.0. The number of hydrogen-bond acceptors (Lipinski definition) is 5. The van der Waals surface area contributed by atoms with Crippen LogP contribution in [0.3, 0.4) is 0 Å². The van der Waals surface area contributed by atoms with E-state index in [1.165, 1.54) is 0 Å². The van der Waals surface area contributed by atoms with E-state index in [1.807, 2.05) is 35.2 Å². The third-order valence-electron chi connectivity index (χ3n) is 6.70. The van der Waals surface area contributed by atoms with E-state index in [0.29, 0.717) is 52.2 Å². The third-order valence-corrected chi connectivity index (χ3v) is 6.70. The number of unbranched alkanes of at least 4 members (excludes halogenated alkanes) is 2. The Bertz CT molecular complexity index is 793. The number of methoxy groups -OCH3 is 1. The third kappa shape index (κ3) is 6.05. The average Bonchev–Trinajstić information content (AvgIpc) is 3.09. The number of carbonyl (C=O) groups is 3. The van der Waals surface area contributed by atoms with Gasteiger partial charge in [-0.3, -0.25) is 14.4 Å². The fourth-order valence-corrected chi connectivity index (χ4v) is 4.81. The standard InChI is InChI=1S/C25H38N4O4/c1-3-4-6-12-23(31)27-16-13-25(14-17-27)24(32)28(19-22(30)26-15-9-18-33-2)20-29(25)21-10-7-5-8-11-21/h5,7-8,10-11H,3-4,6,9,12-20H2,1-2H3,(H,26,30). The van der Waals surface area contributed by atoms with Crippen LogP contribution < -0.4 is 10.2 Å². The summed E-state index contributed by atoms with van der Waals surface area (Å²) in [6.45, 7) is 4.78. The van der Waals surface area contributed by atoms with Gasteiger partial charge in [0.1, 0.15) is 12.1 Å². The van der Waals surface area contributed by atoms with E-state index >= 15 is 0 Å². The lowest BCUT2D eigenvalue weighted by Crippen LogP contribution is -2.57. The van der Waals surface area contributed by atoms with Gasteiger partial charge in [-0.25, -0.2) is 0 Å². The average molecular weight is 459 g/mol. The summed E-state index contributed by atoms with van der Waals surface area (Å²) in [6, 6.07) is 9.89. The number of nitrogens with one attached hydrogen (secondary N) is 1. The molecular formula is C25H38N4O4. The number of piperidine rings is 1. The molecule has 33 heavy (non-hydrogen) atoms. The zero-order valence-electron chi connectivity index (χ0n) is 20.1. The van der Waals surface area contributed by atoms with Crippen molar-refractivity contribution in [1.82, 2.24) is 15.1 Å². The van der Waals surface area contributed by atoms with Crippen molar-refractivity contribution in [2.45, 2.75) is 57.4 Å². The number of ether oxygens (including phenoxy) is 1. The van der Waals surface area contributed by atoms with Gasteiger partial charge < -0.3 is 24.8 Å². The smallest absolute Gasteiger partial charge is 0.250 e. The molecule has 0 aliphatic carbocycles. The molecule has 0 bridgehead atoms. The van der Waals surface area contributed by atoms with Crippen LogP contribution in [0.25, 0.3) is 0 Å². The number of amides is 3. The van der Waals surface area contributed by atoms with Crippen molar-refractivity contribution >= 4 is 23.4 Å². The second-order valence-corrected chi connectivity index (χ2v) is 8.97. The lowest BCUT2D eigenvalue weighted by atomic mass is 9.85. The van der Waals surface area contributed by atoms with Crippen molar-refractivity contribution in [3.05, 3.63) is 30.3 Å². The first-order valence-electron chi connectivity index (χ1n) is 12.2. The summed E-state index contributed by atoms with van der Waals surface area (Å²) < 4.78 is 5.01. The summed E-state index contributed by atoms with van der Waals surface area (Å²) in [5, 5.41) is 2.87. The van der Waals surface area contributed by atoms with Gasteiger partial charge in [0.05, 0.1) is 6.67 Å². The lowest BCUT2D eigenvalue weighted by Gasteiger charge is -2.43. The van der Waals surface area contributed by atoms with Crippen LogP contribution in [-0.4, -0.2) is 79.6 Å². The molecule has 1 aromatic carbocycles. The van der Waals surface area contributed by atoms with Crippen LogP contribution in [0.1, 0.15) is 51.9 Å². The Morgan fingerprint density at radius 3 is 2.48 bits per heavy atom. The molecule has 182 valence electrons. The van der Waals surface area contributed by atoms with E-state index < -0.39 is 5.54 Å². The first-order valence-corrected chi connectivity index (χ1v) is 12.2. The van der Waals surface area contributed by atoms with E-state index in [2.05, 4.69) is 17.1 Å². The molecule has 1 spiro atoms. The minimum absolute atomic E-state index is 0.0172. The Morgan fingerprint density at radius 1 is 1.09 bits per heavy atom. The van der Waals surface area contributed by atoms with Crippen LogP contribution in [-0.2, 0) is 19.1 Å². The molecule has 3 rings (SSSR count). The van der Waals surface area contributed by atoms with Crippen LogP contribution in [0.4, 0.5) is 5.69 Å². The molecule has 8 nitrogen and oxygen atoms in total. The summed E-state index contributed by atoms with van der Waals surface area (Å²) in [4.78, 5) is 44.4. The fraction of sp³-hybridized carbons (Fsp3) is 0.640. The van der Waals surface area contributed by atoms with Crippen molar-refractivity contribution in [2.24, 2.45) is 0 Å². The quantitative estimate of drug-likeness (QED) is 0.515. The number of carbonyl (C=O) groups excluding carboxylic acids is 3. The topological polar surface area (TPSA) is 82.2 Å². The van der Waals surface area contributed by atoms with Crippen LogP contribution in [0.2, 0.25) is 0 Å². The molecule has 8 heteroatoms. The van der Waals surface area contributed by atoms with Crippen molar-refractivity contribution in [3.8, 4) is 0 Å². The van der Waals surface area contributed by atoms with Crippen molar-refractivity contribution in [3.63, 3.8) is 0 Å². The van der Waals surface area contributed by atoms with Crippen molar-refractivity contribution < 1.29 is 19.1 Å². The Morgan fingerprint density at radius 2 is 1.82 bits per heavy atom. The fourth-order valence-electron chi connectivity index (χ4n) is 4.81. The number of anilines is 1. The second-order valence-electron chi connectivity index (χ2n) is 8.97. The maximum Gasteiger partial charge on any atom is 0.250 e. The molecule has 3 amide bonds. The number of para-hydroxylation sites is 1. The molecule has 1 aromatic rings. The highest BCUT2D eigenvalue weighted by Crippen LogP contribution is 2.39. The molecule has 1 N–H and O–H groups in total. The van der Waals surface area contributed by atoms with E-state index in [0.717, 1.165) is 31.4 Å². The molecule has 2 fully saturated rings. The van der Waals surface area contributed by atoms with Crippen molar-refractivity contribution in [2.75, 3.05) is 51.5 Å². The maximum atomic E-state index is 13.6. The molecule has 0 radical (unpaired) electrons. The van der Waals surface area contributed by atoms with Gasteiger partial charge in [-0.2, -0.15) is 0 Å². The minimum Gasteiger partial charge on any atom is -0.385 e. The number of benzene rings is 1. The number of rotatable bonds is 11.